The molecule has 1 heterocycles. The predicted molar refractivity (Wildman–Crippen MR) is 93.6 cm³/mol. The highest BCUT2D eigenvalue weighted by molar-refractivity contribution is 9.10. The Morgan fingerprint density at radius 2 is 1.50 bits per heavy atom. The van der Waals surface area contributed by atoms with E-state index in [4.69, 9.17) is 4.74 Å². The van der Waals surface area contributed by atoms with E-state index in [1.54, 1.807) is 0 Å². The first-order chi connectivity index (χ1) is 10.7. The van der Waals surface area contributed by atoms with Crippen molar-refractivity contribution in [2.75, 3.05) is 4.90 Å². The van der Waals surface area contributed by atoms with Crippen LogP contribution in [0, 0.1) is 6.92 Å². The zero-order chi connectivity index (χ0) is 15.1. The summed E-state index contributed by atoms with van der Waals surface area (Å²) in [6.45, 7) is 2.08. The molecule has 3 aromatic rings. The van der Waals surface area contributed by atoms with Gasteiger partial charge in [0, 0.05) is 10.2 Å². The number of hydrogen-bond donors (Lipinski definition) is 0. The Morgan fingerprint density at radius 1 is 0.818 bits per heavy atom. The molecule has 0 amide bonds. The van der Waals surface area contributed by atoms with Crippen molar-refractivity contribution >= 4 is 33.0 Å². The van der Waals surface area contributed by atoms with Crippen LogP contribution in [0.1, 0.15) is 5.56 Å². The number of nitrogens with zero attached hydrogens (tertiary/aromatic N) is 1. The Morgan fingerprint density at radius 3 is 2.27 bits per heavy atom. The lowest BCUT2D eigenvalue weighted by molar-refractivity contribution is 0.476. The van der Waals surface area contributed by atoms with Gasteiger partial charge in [0.1, 0.15) is 0 Å². The fourth-order valence-corrected chi connectivity index (χ4v) is 3.09. The molecule has 0 atom stereocenters. The lowest BCUT2D eigenvalue weighted by atomic mass is 10.1. The van der Waals surface area contributed by atoms with Gasteiger partial charge in [-0.15, -0.1) is 0 Å². The van der Waals surface area contributed by atoms with E-state index in [-0.39, 0.29) is 0 Å². The summed E-state index contributed by atoms with van der Waals surface area (Å²) < 4.78 is 7.13. The first-order valence-electron chi connectivity index (χ1n) is 7.15. The van der Waals surface area contributed by atoms with Crippen LogP contribution in [-0.4, -0.2) is 0 Å². The van der Waals surface area contributed by atoms with Crippen LogP contribution in [0.3, 0.4) is 0 Å². The van der Waals surface area contributed by atoms with Gasteiger partial charge in [0.05, 0.1) is 11.4 Å². The number of hydrogen-bond acceptors (Lipinski definition) is 2. The van der Waals surface area contributed by atoms with Gasteiger partial charge in [-0.1, -0.05) is 40.2 Å². The van der Waals surface area contributed by atoms with Crippen molar-refractivity contribution in [3.63, 3.8) is 0 Å². The summed E-state index contributed by atoms with van der Waals surface area (Å²) in [5.74, 6) is 1.74. The van der Waals surface area contributed by atoms with Crippen molar-refractivity contribution < 1.29 is 4.74 Å². The van der Waals surface area contributed by atoms with E-state index >= 15 is 0 Å². The molecule has 3 heteroatoms. The van der Waals surface area contributed by atoms with E-state index in [0.29, 0.717) is 0 Å². The minimum Gasteiger partial charge on any atom is -0.453 e. The molecule has 2 nitrogen and oxygen atoms in total. The average Bonchev–Trinajstić information content (AvgIpc) is 2.53. The quantitative estimate of drug-likeness (QED) is 0.397. The van der Waals surface area contributed by atoms with Gasteiger partial charge in [0.25, 0.3) is 0 Å². The summed E-state index contributed by atoms with van der Waals surface area (Å²) in [5, 5.41) is 0. The molecular formula is C19H14BrNO. The number of para-hydroxylation sites is 1. The zero-order valence-corrected chi connectivity index (χ0v) is 13.7. The Balaban J connectivity index is 1.97. The molecule has 0 fully saturated rings. The molecule has 0 aromatic heterocycles. The van der Waals surface area contributed by atoms with Gasteiger partial charge in [0.15, 0.2) is 11.5 Å². The summed E-state index contributed by atoms with van der Waals surface area (Å²) in [7, 11) is 0. The Hall–Kier alpha value is -2.26. The minimum absolute atomic E-state index is 0.858. The predicted octanol–water partition coefficient (Wildman–Crippen LogP) is 6.33. The highest BCUT2D eigenvalue weighted by Crippen LogP contribution is 2.50. The van der Waals surface area contributed by atoms with Gasteiger partial charge >= 0.3 is 0 Å². The molecule has 1 aliphatic heterocycles. The Bertz CT molecular complexity index is 794. The average molecular weight is 352 g/mol. The standard InChI is InChI=1S/C19H14BrNO/c1-13-7-9-16-18(11-13)22-19-12-14(20)8-10-17(19)21(16)15-5-3-2-4-6-15/h2-12H,1H3. The maximum Gasteiger partial charge on any atom is 0.152 e. The Kier molecular flexibility index (Phi) is 3.16. The molecule has 0 saturated carbocycles. The van der Waals surface area contributed by atoms with Crippen LogP contribution < -0.4 is 9.64 Å². The lowest BCUT2D eigenvalue weighted by Gasteiger charge is -2.33. The third-order valence-electron chi connectivity index (χ3n) is 3.75. The number of rotatable bonds is 1. The fourth-order valence-electron chi connectivity index (χ4n) is 2.75. The molecule has 0 radical (unpaired) electrons. The second-order valence-corrected chi connectivity index (χ2v) is 6.27. The summed E-state index contributed by atoms with van der Waals surface area (Å²) in [4.78, 5) is 2.24. The molecule has 3 aromatic carbocycles. The fraction of sp³-hybridized carbons (Fsp3) is 0.0526. The van der Waals surface area contributed by atoms with Crippen LogP contribution in [0.5, 0.6) is 11.5 Å². The van der Waals surface area contributed by atoms with Crippen molar-refractivity contribution in [2.24, 2.45) is 0 Å². The van der Waals surface area contributed by atoms with Crippen LogP contribution in [-0.2, 0) is 0 Å². The first-order valence-corrected chi connectivity index (χ1v) is 7.95. The second kappa shape index (κ2) is 5.18. The van der Waals surface area contributed by atoms with E-state index in [9.17, 15) is 0 Å². The van der Waals surface area contributed by atoms with Crippen molar-refractivity contribution in [3.05, 3.63) is 76.8 Å². The normalized spacial score (nSPS) is 12.4. The SMILES string of the molecule is Cc1ccc2c(c1)Oc1cc(Br)ccc1N2c1ccccc1. The highest BCUT2D eigenvalue weighted by Gasteiger charge is 2.25. The molecule has 108 valence electrons. The van der Waals surface area contributed by atoms with Crippen molar-refractivity contribution in [1.82, 2.24) is 0 Å². The van der Waals surface area contributed by atoms with Gasteiger partial charge in [-0.2, -0.15) is 0 Å². The molecule has 0 N–H and O–H groups in total. The zero-order valence-electron chi connectivity index (χ0n) is 12.1. The minimum atomic E-state index is 0.858. The van der Waals surface area contributed by atoms with Gasteiger partial charge in [-0.3, -0.25) is 0 Å². The van der Waals surface area contributed by atoms with Gasteiger partial charge in [-0.05, 0) is 55.0 Å². The largest absolute Gasteiger partial charge is 0.453 e. The maximum absolute atomic E-state index is 6.12. The molecule has 4 rings (SSSR count). The van der Waals surface area contributed by atoms with Crippen LogP contribution in [0.4, 0.5) is 17.1 Å². The van der Waals surface area contributed by atoms with E-state index in [1.807, 2.05) is 18.2 Å². The molecule has 0 aliphatic carbocycles. The number of benzene rings is 3. The lowest BCUT2D eigenvalue weighted by Crippen LogP contribution is -2.15. The van der Waals surface area contributed by atoms with Crippen LogP contribution in [0.25, 0.3) is 0 Å². The number of halogens is 1. The second-order valence-electron chi connectivity index (χ2n) is 5.36. The third kappa shape index (κ3) is 2.18. The van der Waals surface area contributed by atoms with Crippen LogP contribution in [0.2, 0.25) is 0 Å². The van der Waals surface area contributed by atoms with Gasteiger partial charge < -0.3 is 9.64 Å². The molecular weight excluding hydrogens is 338 g/mol. The molecule has 0 saturated heterocycles. The van der Waals surface area contributed by atoms with E-state index < -0.39 is 0 Å². The van der Waals surface area contributed by atoms with Crippen LogP contribution >= 0.6 is 15.9 Å². The van der Waals surface area contributed by atoms with Crippen molar-refractivity contribution in [1.29, 1.82) is 0 Å². The molecule has 22 heavy (non-hydrogen) atoms. The van der Waals surface area contributed by atoms with Crippen molar-refractivity contribution in [2.45, 2.75) is 6.92 Å². The number of fused-ring (bicyclic) bond motifs is 2. The molecule has 1 aliphatic rings. The Labute approximate surface area is 138 Å². The summed E-state index contributed by atoms with van der Waals surface area (Å²) in [5.41, 5.74) is 4.42. The molecule has 0 unspecified atom stereocenters. The smallest absolute Gasteiger partial charge is 0.152 e. The number of aryl methyl sites for hydroxylation is 1. The summed E-state index contributed by atoms with van der Waals surface area (Å²) >= 11 is 3.52. The monoisotopic (exact) mass is 351 g/mol. The molecule has 0 spiro atoms. The number of ether oxygens (including phenoxy) is 1. The van der Waals surface area contributed by atoms with E-state index in [2.05, 4.69) is 76.3 Å². The topological polar surface area (TPSA) is 12.5 Å². The van der Waals surface area contributed by atoms with Crippen LogP contribution in [0.15, 0.2) is 71.2 Å². The first kappa shape index (κ1) is 13.4. The summed E-state index contributed by atoms with van der Waals surface area (Å²) in [6, 6.07) is 22.8. The van der Waals surface area contributed by atoms with Gasteiger partial charge in [-0.25, -0.2) is 0 Å². The van der Waals surface area contributed by atoms with Crippen molar-refractivity contribution in [3.8, 4) is 11.5 Å². The van der Waals surface area contributed by atoms with E-state index in [1.165, 1.54) is 5.56 Å². The van der Waals surface area contributed by atoms with Gasteiger partial charge in [0.2, 0.25) is 0 Å². The summed E-state index contributed by atoms with van der Waals surface area (Å²) in [6.07, 6.45) is 0. The number of anilines is 3. The third-order valence-corrected chi connectivity index (χ3v) is 4.25. The highest BCUT2D eigenvalue weighted by atomic mass is 79.9. The van der Waals surface area contributed by atoms with E-state index in [0.717, 1.165) is 33.0 Å². The maximum atomic E-state index is 6.12. The molecule has 0 bridgehead atoms.